The van der Waals surface area contributed by atoms with Crippen LogP contribution in [0.15, 0.2) is 77.6 Å². The predicted octanol–water partition coefficient (Wildman–Crippen LogP) is 3.97. The lowest BCUT2D eigenvalue weighted by Gasteiger charge is -2.11. The fourth-order valence-electron chi connectivity index (χ4n) is 2.96. The van der Waals surface area contributed by atoms with Crippen molar-refractivity contribution in [1.29, 1.82) is 0 Å². The number of phenolic OH excluding ortho intramolecular Hbond substituents is 2. The van der Waals surface area contributed by atoms with Crippen molar-refractivity contribution in [1.82, 2.24) is 9.55 Å². The minimum Gasteiger partial charge on any atom is -0.507 e. The summed E-state index contributed by atoms with van der Waals surface area (Å²) in [6.45, 7) is 0. The van der Waals surface area contributed by atoms with Crippen molar-refractivity contribution >= 4 is 23.1 Å². The van der Waals surface area contributed by atoms with Gasteiger partial charge in [-0.3, -0.25) is 9.36 Å². The van der Waals surface area contributed by atoms with E-state index in [1.165, 1.54) is 16.7 Å². The summed E-state index contributed by atoms with van der Waals surface area (Å²) in [4.78, 5) is 17.7. The first-order valence-electron chi connectivity index (χ1n) is 8.41. The van der Waals surface area contributed by atoms with Crippen molar-refractivity contribution in [2.75, 3.05) is 0 Å². The third-order valence-electron chi connectivity index (χ3n) is 4.28. The Balaban J connectivity index is 1.97. The Bertz CT molecular complexity index is 1190. The van der Waals surface area contributed by atoms with Crippen LogP contribution in [-0.2, 0) is 0 Å². The average molecular weight is 356 g/mol. The van der Waals surface area contributed by atoms with Gasteiger partial charge in [0.15, 0.2) is 0 Å². The molecule has 0 saturated heterocycles. The summed E-state index contributed by atoms with van der Waals surface area (Å²) in [5.41, 5.74) is 1.34. The van der Waals surface area contributed by atoms with Crippen molar-refractivity contribution in [2.45, 2.75) is 0 Å². The van der Waals surface area contributed by atoms with Crippen LogP contribution in [0.4, 0.5) is 0 Å². The Morgan fingerprint density at radius 1 is 0.778 bits per heavy atom. The second kappa shape index (κ2) is 6.80. The van der Waals surface area contributed by atoms with Crippen molar-refractivity contribution in [3.05, 3.63) is 94.5 Å². The molecule has 2 N–H and O–H groups in total. The highest BCUT2D eigenvalue weighted by molar-refractivity contribution is 5.81. The summed E-state index contributed by atoms with van der Waals surface area (Å²) in [6.07, 6.45) is 3.15. The van der Waals surface area contributed by atoms with Crippen LogP contribution >= 0.6 is 0 Å². The van der Waals surface area contributed by atoms with Gasteiger partial charge in [-0.25, -0.2) is 4.98 Å². The Morgan fingerprint density at radius 3 is 2.19 bits per heavy atom. The molecule has 0 spiro atoms. The number of benzene rings is 3. The molecular weight excluding hydrogens is 340 g/mol. The first-order chi connectivity index (χ1) is 13.1. The van der Waals surface area contributed by atoms with Gasteiger partial charge in [0, 0.05) is 0 Å². The maximum Gasteiger partial charge on any atom is 0.266 e. The number of hydrogen-bond acceptors (Lipinski definition) is 4. The number of phenols is 2. The zero-order valence-electron chi connectivity index (χ0n) is 14.3. The van der Waals surface area contributed by atoms with E-state index in [9.17, 15) is 15.0 Å². The number of aromatic hydroxyl groups is 2. The first-order valence-corrected chi connectivity index (χ1v) is 8.41. The third kappa shape index (κ3) is 3.06. The molecule has 0 saturated carbocycles. The molecule has 4 aromatic rings. The largest absolute Gasteiger partial charge is 0.507 e. The Morgan fingerprint density at radius 2 is 1.44 bits per heavy atom. The molecular formula is C22H16N2O3. The third-order valence-corrected chi connectivity index (χ3v) is 4.28. The SMILES string of the molecule is O=c1c2ccccc2nc(/C=C/c2c(O)cccc2O)n1-c1ccccc1. The highest BCUT2D eigenvalue weighted by Crippen LogP contribution is 2.28. The standard InChI is InChI=1S/C22H16N2O3/c25-19-11-6-12-20(26)17(19)13-14-21-23-18-10-5-4-9-16(18)22(27)24(21)15-7-2-1-3-8-15/h1-14,25-26H/b14-13+. The van der Waals surface area contributed by atoms with Crippen LogP contribution in [0.5, 0.6) is 11.5 Å². The van der Waals surface area contributed by atoms with E-state index in [4.69, 9.17) is 0 Å². The molecule has 5 heteroatoms. The predicted molar refractivity (Wildman–Crippen MR) is 106 cm³/mol. The molecule has 5 nitrogen and oxygen atoms in total. The van der Waals surface area contributed by atoms with E-state index in [0.29, 0.717) is 22.4 Å². The number of nitrogens with zero attached hydrogens (tertiary/aromatic N) is 2. The van der Waals surface area contributed by atoms with E-state index in [-0.39, 0.29) is 22.6 Å². The quantitative estimate of drug-likeness (QED) is 0.582. The highest BCUT2D eigenvalue weighted by Gasteiger charge is 2.11. The van der Waals surface area contributed by atoms with Crippen LogP contribution in [-0.4, -0.2) is 19.8 Å². The smallest absolute Gasteiger partial charge is 0.266 e. The monoisotopic (exact) mass is 356 g/mol. The lowest BCUT2D eigenvalue weighted by Crippen LogP contribution is -2.22. The molecule has 3 aromatic carbocycles. The van der Waals surface area contributed by atoms with Gasteiger partial charge in [0.05, 0.1) is 22.2 Å². The van der Waals surface area contributed by atoms with E-state index in [0.717, 1.165) is 0 Å². The molecule has 0 aliphatic carbocycles. The molecule has 4 rings (SSSR count). The molecule has 27 heavy (non-hydrogen) atoms. The van der Waals surface area contributed by atoms with Crippen LogP contribution in [0.25, 0.3) is 28.7 Å². The van der Waals surface area contributed by atoms with E-state index in [1.807, 2.05) is 36.4 Å². The molecule has 0 aliphatic rings. The van der Waals surface area contributed by atoms with Gasteiger partial charge >= 0.3 is 0 Å². The normalized spacial score (nSPS) is 11.3. The second-order valence-corrected chi connectivity index (χ2v) is 6.01. The average Bonchev–Trinajstić information content (AvgIpc) is 2.68. The van der Waals surface area contributed by atoms with Crippen molar-refractivity contribution in [2.24, 2.45) is 0 Å². The Kier molecular flexibility index (Phi) is 4.18. The first kappa shape index (κ1) is 16.6. The highest BCUT2D eigenvalue weighted by atomic mass is 16.3. The molecule has 0 amide bonds. The summed E-state index contributed by atoms with van der Waals surface area (Å²) >= 11 is 0. The van der Waals surface area contributed by atoms with Crippen molar-refractivity contribution < 1.29 is 10.2 Å². The molecule has 0 bridgehead atoms. The summed E-state index contributed by atoms with van der Waals surface area (Å²) in [5, 5.41) is 20.5. The molecule has 1 heterocycles. The fourth-order valence-corrected chi connectivity index (χ4v) is 2.96. The second-order valence-electron chi connectivity index (χ2n) is 6.01. The van der Waals surface area contributed by atoms with E-state index in [1.54, 1.807) is 36.4 Å². The molecule has 0 atom stereocenters. The van der Waals surface area contributed by atoms with Crippen LogP contribution in [0.1, 0.15) is 11.4 Å². The molecule has 1 aromatic heterocycles. The topological polar surface area (TPSA) is 75.3 Å². The maximum atomic E-state index is 13.1. The van der Waals surface area contributed by atoms with Gasteiger partial charge in [-0.1, -0.05) is 36.4 Å². The molecule has 0 unspecified atom stereocenters. The molecule has 132 valence electrons. The summed E-state index contributed by atoms with van der Waals surface area (Å²) in [6, 6.07) is 20.9. The van der Waals surface area contributed by atoms with Crippen LogP contribution < -0.4 is 5.56 Å². The van der Waals surface area contributed by atoms with Crippen LogP contribution in [0.3, 0.4) is 0 Å². The summed E-state index contributed by atoms with van der Waals surface area (Å²) in [7, 11) is 0. The number of hydrogen-bond donors (Lipinski definition) is 2. The zero-order valence-corrected chi connectivity index (χ0v) is 14.3. The number of rotatable bonds is 3. The van der Waals surface area contributed by atoms with Gasteiger partial charge in [0.1, 0.15) is 17.3 Å². The number of aromatic nitrogens is 2. The van der Waals surface area contributed by atoms with Gasteiger partial charge in [0.2, 0.25) is 0 Å². The van der Waals surface area contributed by atoms with Gasteiger partial charge < -0.3 is 10.2 Å². The Labute approximate surface area is 155 Å². The maximum absolute atomic E-state index is 13.1. The summed E-state index contributed by atoms with van der Waals surface area (Å²) in [5.74, 6) is 0.286. The molecule has 0 fully saturated rings. The Hall–Kier alpha value is -3.86. The zero-order chi connectivity index (χ0) is 18.8. The van der Waals surface area contributed by atoms with E-state index < -0.39 is 0 Å². The lowest BCUT2D eigenvalue weighted by atomic mass is 10.1. The fraction of sp³-hybridized carbons (Fsp3) is 0. The van der Waals surface area contributed by atoms with E-state index >= 15 is 0 Å². The number of fused-ring (bicyclic) bond motifs is 1. The van der Waals surface area contributed by atoms with E-state index in [2.05, 4.69) is 4.98 Å². The minimum atomic E-state index is -0.187. The lowest BCUT2D eigenvalue weighted by molar-refractivity contribution is 0.448. The van der Waals surface area contributed by atoms with Gasteiger partial charge in [-0.15, -0.1) is 0 Å². The van der Waals surface area contributed by atoms with Crippen LogP contribution in [0.2, 0.25) is 0 Å². The number of para-hydroxylation sites is 2. The van der Waals surface area contributed by atoms with Gasteiger partial charge in [-0.05, 0) is 48.6 Å². The van der Waals surface area contributed by atoms with Crippen molar-refractivity contribution in [3.8, 4) is 17.2 Å². The molecule has 0 radical (unpaired) electrons. The minimum absolute atomic E-state index is 0.0550. The molecule has 0 aliphatic heterocycles. The van der Waals surface area contributed by atoms with Crippen molar-refractivity contribution in [3.63, 3.8) is 0 Å². The van der Waals surface area contributed by atoms with Crippen LogP contribution in [0, 0.1) is 0 Å². The summed E-state index contributed by atoms with van der Waals surface area (Å²) < 4.78 is 1.51. The van der Waals surface area contributed by atoms with Gasteiger partial charge in [-0.2, -0.15) is 0 Å². The van der Waals surface area contributed by atoms with Gasteiger partial charge in [0.25, 0.3) is 5.56 Å².